The third kappa shape index (κ3) is 3.11. The molecule has 21 heavy (non-hydrogen) atoms. The van der Waals surface area contributed by atoms with Crippen LogP contribution in [0.2, 0.25) is 0 Å². The minimum atomic E-state index is -3.66. The van der Waals surface area contributed by atoms with E-state index in [-0.39, 0.29) is 22.4 Å². The molecule has 0 amide bonds. The number of aliphatic hydroxyl groups is 1. The van der Waals surface area contributed by atoms with Crippen LogP contribution in [0.1, 0.15) is 12.5 Å². The maximum absolute atomic E-state index is 13.4. The third-order valence-electron chi connectivity index (χ3n) is 4.03. The highest BCUT2D eigenvalue weighted by molar-refractivity contribution is 7.89. The number of nitrogens with zero attached hydrogens (tertiary/aromatic N) is 2. The standard InChI is InChI=1S/C14H21FN2O3S/c1-10-7-17(8-14(10)16(2)3)21(19,20)12-4-5-13(15)11(6-12)9-18/h4-6,10,14,18H,7-9H2,1-3H3. The minimum absolute atomic E-state index is 0.00696. The van der Waals surface area contributed by atoms with Crippen LogP contribution >= 0.6 is 0 Å². The zero-order valence-corrected chi connectivity index (χ0v) is 13.3. The Balaban J connectivity index is 2.31. The fourth-order valence-electron chi connectivity index (χ4n) is 2.76. The maximum atomic E-state index is 13.4. The first-order valence-corrected chi connectivity index (χ1v) is 8.27. The maximum Gasteiger partial charge on any atom is 0.243 e. The van der Waals surface area contributed by atoms with Gasteiger partial charge in [0, 0.05) is 24.7 Å². The molecule has 1 fully saturated rings. The number of aliphatic hydroxyl groups excluding tert-OH is 1. The van der Waals surface area contributed by atoms with E-state index < -0.39 is 22.4 Å². The van der Waals surface area contributed by atoms with Gasteiger partial charge in [0.1, 0.15) is 5.82 Å². The zero-order chi connectivity index (χ0) is 15.8. The molecular formula is C14H21FN2O3S. The summed E-state index contributed by atoms with van der Waals surface area (Å²) in [6.45, 7) is 2.36. The number of likely N-dealkylation sites (N-methyl/N-ethyl adjacent to an activating group) is 1. The number of hydrogen-bond donors (Lipinski definition) is 1. The van der Waals surface area contributed by atoms with Crippen molar-refractivity contribution in [2.24, 2.45) is 5.92 Å². The third-order valence-corrected chi connectivity index (χ3v) is 5.86. The number of sulfonamides is 1. The molecule has 1 aromatic rings. The second kappa shape index (κ2) is 6.00. The Morgan fingerprint density at radius 3 is 2.57 bits per heavy atom. The summed E-state index contributed by atoms with van der Waals surface area (Å²) in [5, 5.41) is 9.08. The second-order valence-electron chi connectivity index (χ2n) is 5.74. The predicted octanol–water partition coefficient (Wildman–Crippen LogP) is 0.889. The van der Waals surface area contributed by atoms with E-state index in [1.807, 2.05) is 25.9 Å². The summed E-state index contributed by atoms with van der Waals surface area (Å²) < 4.78 is 40.1. The summed E-state index contributed by atoms with van der Waals surface area (Å²) in [6.07, 6.45) is 0. The molecule has 2 rings (SSSR count). The summed E-state index contributed by atoms with van der Waals surface area (Å²) >= 11 is 0. The van der Waals surface area contributed by atoms with Crippen molar-refractivity contribution in [1.29, 1.82) is 0 Å². The molecule has 0 bridgehead atoms. The SMILES string of the molecule is CC1CN(S(=O)(=O)c2ccc(F)c(CO)c2)CC1N(C)C. The largest absolute Gasteiger partial charge is 0.392 e. The highest BCUT2D eigenvalue weighted by atomic mass is 32.2. The Bertz CT molecular complexity index is 619. The number of halogens is 1. The van der Waals surface area contributed by atoms with E-state index in [0.29, 0.717) is 13.1 Å². The van der Waals surface area contributed by atoms with Crippen molar-refractivity contribution in [2.45, 2.75) is 24.5 Å². The van der Waals surface area contributed by atoms with Gasteiger partial charge >= 0.3 is 0 Å². The Kier molecular flexibility index (Phi) is 4.67. The number of rotatable bonds is 4. The summed E-state index contributed by atoms with van der Waals surface area (Å²) in [4.78, 5) is 2.05. The molecule has 0 saturated carbocycles. The Morgan fingerprint density at radius 1 is 1.38 bits per heavy atom. The van der Waals surface area contributed by atoms with E-state index in [4.69, 9.17) is 5.11 Å². The van der Waals surface area contributed by atoms with Gasteiger partial charge in [0.25, 0.3) is 0 Å². The molecule has 0 aliphatic carbocycles. The lowest BCUT2D eigenvalue weighted by atomic mass is 10.1. The summed E-state index contributed by atoms with van der Waals surface area (Å²) in [5.41, 5.74) is -0.00696. The van der Waals surface area contributed by atoms with Gasteiger partial charge in [-0.2, -0.15) is 4.31 Å². The molecule has 1 aliphatic heterocycles. The van der Waals surface area contributed by atoms with Gasteiger partial charge in [0.2, 0.25) is 10.0 Å². The van der Waals surface area contributed by atoms with Crippen LogP contribution in [0.15, 0.2) is 23.1 Å². The van der Waals surface area contributed by atoms with Crippen LogP contribution in [0.5, 0.6) is 0 Å². The smallest absolute Gasteiger partial charge is 0.243 e. The van der Waals surface area contributed by atoms with Crippen LogP contribution in [-0.4, -0.2) is 56.0 Å². The van der Waals surface area contributed by atoms with Crippen molar-refractivity contribution in [2.75, 3.05) is 27.2 Å². The predicted molar refractivity (Wildman–Crippen MR) is 77.7 cm³/mol. The number of hydrogen-bond acceptors (Lipinski definition) is 4. The van der Waals surface area contributed by atoms with Crippen LogP contribution < -0.4 is 0 Å². The van der Waals surface area contributed by atoms with Crippen molar-refractivity contribution in [3.8, 4) is 0 Å². The Labute approximate surface area is 125 Å². The summed E-state index contributed by atoms with van der Waals surface area (Å²) in [6, 6.07) is 3.70. The molecule has 1 aromatic carbocycles. The van der Waals surface area contributed by atoms with E-state index in [2.05, 4.69) is 0 Å². The van der Waals surface area contributed by atoms with E-state index >= 15 is 0 Å². The minimum Gasteiger partial charge on any atom is -0.392 e. The molecule has 0 radical (unpaired) electrons. The summed E-state index contributed by atoms with van der Waals surface area (Å²) in [5.74, 6) is -0.370. The van der Waals surface area contributed by atoms with Gasteiger partial charge in [0.05, 0.1) is 11.5 Å². The lowest BCUT2D eigenvalue weighted by Gasteiger charge is -2.22. The van der Waals surface area contributed by atoms with Gasteiger partial charge in [-0.15, -0.1) is 0 Å². The first-order chi connectivity index (χ1) is 9.77. The van der Waals surface area contributed by atoms with Gasteiger partial charge < -0.3 is 10.0 Å². The molecule has 0 spiro atoms. The Morgan fingerprint density at radius 2 is 2.05 bits per heavy atom. The highest BCUT2D eigenvalue weighted by Crippen LogP contribution is 2.27. The van der Waals surface area contributed by atoms with Crippen molar-refractivity contribution in [1.82, 2.24) is 9.21 Å². The van der Waals surface area contributed by atoms with Crippen molar-refractivity contribution < 1.29 is 17.9 Å². The lowest BCUT2D eigenvalue weighted by Crippen LogP contribution is -2.35. The van der Waals surface area contributed by atoms with E-state index in [1.165, 1.54) is 16.4 Å². The van der Waals surface area contributed by atoms with Crippen LogP contribution in [-0.2, 0) is 16.6 Å². The van der Waals surface area contributed by atoms with Crippen LogP contribution in [0.3, 0.4) is 0 Å². The van der Waals surface area contributed by atoms with Gasteiger partial charge in [-0.25, -0.2) is 12.8 Å². The molecule has 1 aliphatic rings. The quantitative estimate of drug-likeness (QED) is 0.896. The van der Waals surface area contributed by atoms with Crippen LogP contribution in [0.25, 0.3) is 0 Å². The fourth-order valence-corrected chi connectivity index (χ4v) is 4.37. The molecule has 1 N–H and O–H groups in total. The Hall–Kier alpha value is -1.02. The van der Waals surface area contributed by atoms with Gasteiger partial charge in [-0.05, 0) is 38.2 Å². The molecule has 2 unspecified atom stereocenters. The first-order valence-electron chi connectivity index (χ1n) is 6.83. The van der Waals surface area contributed by atoms with E-state index in [9.17, 15) is 12.8 Å². The molecular weight excluding hydrogens is 295 g/mol. The molecule has 5 nitrogen and oxygen atoms in total. The van der Waals surface area contributed by atoms with Gasteiger partial charge in [0.15, 0.2) is 0 Å². The average Bonchev–Trinajstić information content (AvgIpc) is 2.82. The van der Waals surface area contributed by atoms with Crippen LogP contribution in [0.4, 0.5) is 4.39 Å². The van der Waals surface area contributed by atoms with E-state index in [1.54, 1.807) is 0 Å². The highest BCUT2D eigenvalue weighted by Gasteiger charge is 2.38. The van der Waals surface area contributed by atoms with Crippen molar-refractivity contribution in [3.05, 3.63) is 29.6 Å². The van der Waals surface area contributed by atoms with Crippen molar-refractivity contribution >= 4 is 10.0 Å². The summed E-state index contributed by atoms with van der Waals surface area (Å²) in [7, 11) is 0.201. The van der Waals surface area contributed by atoms with Crippen LogP contribution in [0, 0.1) is 11.7 Å². The molecule has 1 saturated heterocycles. The second-order valence-corrected chi connectivity index (χ2v) is 7.68. The average molecular weight is 316 g/mol. The number of benzene rings is 1. The monoisotopic (exact) mass is 316 g/mol. The lowest BCUT2D eigenvalue weighted by molar-refractivity contribution is 0.263. The first kappa shape index (κ1) is 16.4. The normalized spacial score (nSPS) is 23.9. The van der Waals surface area contributed by atoms with Crippen molar-refractivity contribution in [3.63, 3.8) is 0 Å². The fraction of sp³-hybridized carbons (Fsp3) is 0.571. The molecule has 7 heteroatoms. The molecule has 118 valence electrons. The van der Waals surface area contributed by atoms with E-state index in [0.717, 1.165) is 6.07 Å². The van der Waals surface area contributed by atoms with Gasteiger partial charge in [-0.1, -0.05) is 6.92 Å². The topological polar surface area (TPSA) is 60.9 Å². The molecule has 2 atom stereocenters. The zero-order valence-electron chi connectivity index (χ0n) is 12.5. The van der Waals surface area contributed by atoms with Gasteiger partial charge in [-0.3, -0.25) is 0 Å². The molecule has 0 aromatic heterocycles. The molecule has 1 heterocycles.